The minimum absolute atomic E-state index is 1.23. The summed E-state index contributed by atoms with van der Waals surface area (Å²) in [4.78, 5) is 0. The molecule has 0 spiro atoms. The van der Waals surface area contributed by atoms with E-state index >= 15 is 0 Å². The van der Waals surface area contributed by atoms with E-state index in [1.807, 2.05) is 27.7 Å². The number of hydrogen-bond acceptors (Lipinski definition) is 0. The van der Waals surface area contributed by atoms with Gasteiger partial charge in [-0.05, 0) is 42.4 Å². The van der Waals surface area contributed by atoms with Crippen LogP contribution in [0, 0.1) is 12.8 Å². The van der Waals surface area contributed by atoms with E-state index in [2.05, 4.69) is 51.0 Å². The Kier molecular flexibility index (Phi) is 15.5. The van der Waals surface area contributed by atoms with Gasteiger partial charge in [-0.1, -0.05) is 77.8 Å². The van der Waals surface area contributed by atoms with Gasteiger partial charge in [0, 0.05) is 0 Å². The Balaban J connectivity index is 0. The zero-order chi connectivity index (χ0) is 16.7. The maximum absolute atomic E-state index is 4.00. The van der Waals surface area contributed by atoms with Crippen molar-refractivity contribution in [1.82, 2.24) is 0 Å². The Bertz CT molecular complexity index is 407. The van der Waals surface area contributed by atoms with Crippen molar-refractivity contribution in [2.45, 2.75) is 73.6 Å². The van der Waals surface area contributed by atoms with Crippen molar-refractivity contribution in [2.75, 3.05) is 0 Å². The SMILES string of the molecule is C#C.CC.CC.CCCC1=C(CC)CCc2ccccc21. The summed E-state index contributed by atoms with van der Waals surface area (Å²) in [7, 11) is 0. The van der Waals surface area contributed by atoms with Crippen LogP contribution in [0.25, 0.3) is 5.57 Å². The number of aryl methyl sites for hydroxylation is 1. The molecule has 1 aromatic carbocycles. The number of hydrogen-bond donors (Lipinski definition) is 0. The molecule has 0 amide bonds. The Morgan fingerprint density at radius 2 is 1.48 bits per heavy atom. The lowest BCUT2D eigenvalue weighted by atomic mass is 9.83. The minimum Gasteiger partial charge on any atom is -0.124 e. The van der Waals surface area contributed by atoms with Crippen LogP contribution in [0.4, 0.5) is 0 Å². The molecule has 0 fully saturated rings. The third kappa shape index (κ3) is 6.67. The molecule has 0 nitrogen and oxygen atoms in total. The fourth-order valence-electron chi connectivity index (χ4n) is 2.61. The first kappa shape index (κ1) is 21.8. The maximum Gasteiger partial charge on any atom is -0.0193 e. The van der Waals surface area contributed by atoms with Crippen molar-refractivity contribution in [1.29, 1.82) is 0 Å². The van der Waals surface area contributed by atoms with Crippen LogP contribution in [-0.4, -0.2) is 0 Å². The summed E-state index contributed by atoms with van der Waals surface area (Å²) in [5, 5.41) is 0. The van der Waals surface area contributed by atoms with Crippen LogP contribution in [0.15, 0.2) is 29.8 Å². The first-order chi connectivity index (χ1) is 10.4. The number of fused-ring (bicyclic) bond motifs is 1. The summed E-state index contributed by atoms with van der Waals surface area (Å²) in [6.45, 7) is 12.6. The van der Waals surface area contributed by atoms with E-state index < -0.39 is 0 Å². The maximum atomic E-state index is 4.00. The first-order valence-electron chi connectivity index (χ1n) is 8.49. The van der Waals surface area contributed by atoms with Gasteiger partial charge in [-0.15, -0.1) is 12.8 Å². The summed E-state index contributed by atoms with van der Waals surface area (Å²) in [5.74, 6) is 0. The van der Waals surface area contributed by atoms with E-state index in [-0.39, 0.29) is 0 Å². The Morgan fingerprint density at radius 1 is 0.905 bits per heavy atom. The molecule has 0 heteroatoms. The van der Waals surface area contributed by atoms with Gasteiger partial charge < -0.3 is 0 Å². The molecule has 0 bridgehead atoms. The molecule has 0 radical (unpaired) electrons. The van der Waals surface area contributed by atoms with Crippen LogP contribution in [0.2, 0.25) is 0 Å². The zero-order valence-corrected chi connectivity index (χ0v) is 15.0. The van der Waals surface area contributed by atoms with Gasteiger partial charge in [-0.2, -0.15) is 0 Å². The molecule has 1 aliphatic rings. The largest absolute Gasteiger partial charge is 0.124 e. The second kappa shape index (κ2) is 14.9. The number of benzene rings is 1. The molecule has 0 aliphatic heterocycles. The highest BCUT2D eigenvalue weighted by molar-refractivity contribution is 5.73. The third-order valence-electron chi connectivity index (χ3n) is 3.39. The van der Waals surface area contributed by atoms with Gasteiger partial charge in [-0.25, -0.2) is 0 Å². The normalized spacial score (nSPS) is 11.6. The average Bonchev–Trinajstić information content (AvgIpc) is 2.61. The van der Waals surface area contributed by atoms with Crippen molar-refractivity contribution >= 4 is 5.57 Å². The molecule has 0 N–H and O–H groups in total. The van der Waals surface area contributed by atoms with Crippen LogP contribution in [0.1, 0.15) is 78.4 Å². The van der Waals surface area contributed by atoms with Crippen molar-refractivity contribution in [3.63, 3.8) is 0 Å². The van der Waals surface area contributed by atoms with Crippen LogP contribution < -0.4 is 0 Å². The molecule has 0 saturated carbocycles. The smallest absolute Gasteiger partial charge is 0.0193 e. The molecule has 0 atom stereocenters. The number of rotatable bonds is 3. The molecule has 2 rings (SSSR count). The molecule has 0 aromatic heterocycles. The zero-order valence-electron chi connectivity index (χ0n) is 15.0. The Morgan fingerprint density at radius 3 is 2.00 bits per heavy atom. The summed E-state index contributed by atoms with van der Waals surface area (Å²) < 4.78 is 0. The molecular weight excluding hydrogens is 252 g/mol. The van der Waals surface area contributed by atoms with Gasteiger partial charge in [0.2, 0.25) is 0 Å². The Labute approximate surface area is 133 Å². The van der Waals surface area contributed by atoms with Gasteiger partial charge in [0.1, 0.15) is 0 Å². The standard InChI is InChI=1S/C15H20.2C2H6.C2H2/c1-3-7-14-12(4-2)10-11-13-8-5-6-9-15(13)14;3*1-2/h5-6,8-9H,3-4,7,10-11H2,1-2H3;2*1-2H3;1-2H. The van der Waals surface area contributed by atoms with Gasteiger partial charge in [0.05, 0.1) is 0 Å². The third-order valence-corrected chi connectivity index (χ3v) is 3.39. The molecular formula is C21H34. The lowest BCUT2D eigenvalue weighted by molar-refractivity contribution is 0.839. The van der Waals surface area contributed by atoms with Gasteiger partial charge in [0.25, 0.3) is 0 Å². The summed E-state index contributed by atoms with van der Waals surface area (Å²) in [5.41, 5.74) is 6.41. The molecule has 0 heterocycles. The highest BCUT2D eigenvalue weighted by Gasteiger charge is 2.16. The molecule has 0 saturated heterocycles. The lowest BCUT2D eigenvalue weighted by Gasteiger charge is -2.22. The van der Waals surface area contributed by atoms with Crippen LogP contribution in [0.5, 0.6) is 0 Å². The fourth-order valence-corrected chi connectivity index (χ4v) is 2.61. The van der Waals surface area contributed by atoms with E-state index in [0.29, 0.717) is 0 Å². The fraction of sp³-hybridized carbons (Fsp3) is 0.524. The summed E-state index contributed by atoms with van der Waals surface area (Å²) in [6.07, 6.45) is 14.3. The predicted octanol–water partition coefficient (Wildman–Crippen LogP) is 6.90. The molecule has 21 heavy (non-hydrogen) atoms. The predicted molar refractivity (Wildman–Crippen MR) is 99.5 cm³/mol. The lowest BCUT2D eigenvalue weighted by Crippen LogP contribution is -2.04. The van der Waals surface area contributed by atoms with Crippen molar-refractivity contribution in [3.8, 4) is 12.8 Å². The highest BCUT2D eigenvalue weighted by atomic mass is 14.2. The van der Waals surface area contributed by atoms with E-state index in [1.54, 1.807) is 16.7 Å². The molecule has 118 valence electrons. The molecule has 0 unspecified atom stereocenters. The second-order valence-corrected chi connectivity index (χ2v) is 4.34. The minimum atomic E-state index is 1.23. The van der Waals surface area contributed by atoms with Gasteiger partial charge in [0.15, 0.2) is 0 Å². The summed E-state index contributed by atoms with van der Waals surface area (Å²) in [6, 6.07) is 8.93. The van der Waals surface area contributed by atoms with Gasteiger partial charge in [-0.3, -0.25) is 0 Å². The first-order valence-corrected chi connectivity index (χ1v) is 8.49. The topological polar surface area (TPSA) is 0 Å². The van der Waals surface area contributed by atoms with E-state index in [9.17, 15) is 0 Å². The van der Waals surface area contributed by atoms with Gasteiger partial charge >= 0.3 is 0 Å². The quantitative estimate of drug-likeness (QED) is 0.530. The van der Waals surface area contributed by atoms with Crippen LogP contribution in [0.3, 0.4) is 0 Å². The van der Waals surface area contributed by atoms with E-state index in [0.717, 1.165) is 0 Å². The van der Waals surface area contributed by atoms with E-state index in [4.69, 9.17) is 0 Å². The van der Waals surface area contributed by atoms with Crippen LogP contribution in [-0.2, 0) is 6.42 Å². The van der Waals surface area contributed by atoms with Crippen molar-refractivity contribution in [2.24, 2.45) is 0 Å². The molecule has 1 aliphatic carbocycles. The van der Waals surface area contributed by atoms with Crippen molar-refractivity contribution in [3.05, 3.63) is 41.0 Å². The molecule has 1 aromatic rings. The number of allylic oxidation sites excluding steroid dienone is 2. The Hall–Kier alpha value is -1.48. The highest BCUT2D eigenvalue weighted by Crippen LogP contribution is 2.35. The number of terminal acetylenes is 1. The van der Waals surface area contributed by atoms with Crippen LogP contribution >= 0.6 is 0 Å². The van der Waals surface area contributed by atoms with E-state index in [1.165, 1.54) is 37.7 Å². The van der Waals surface area contributed by atoms with Crippen molar-refractivity contribution < 1.29 is 0 Å². The average molecular weight is 287 g/mol. The second-order valence-electron chi connectivity index (χ2n) is 4.34. The summed E-state index contributed by atoms with van der Waals surface area (Å²) >= 11 is 0. The monoisotopic (exact) mass is 286 g/mol.